The van der Waals surface area contributed by atoms with E-state index < -0.39 is 0 Å². The van der Waals surface area contributed by atoms with Crippen molar-refractivity contribution in [2.24, 2.45) is 7.05 Å². The van der Waals surface area contributed by atoms with Gasteiger partial charge in [-0.2, -0.15) is 0 Å². The predicted octanol–water partition coefficient (Wildman–Crippen LogP) is 3.03. The second kappa shape index (κ2) is 7.32. The number of rotatable bonds is 5. The second-order valence-corrected chi connectivity index (χ2v) is 7.49. The summed E-state index contributed by atoms with van der Waals surface area (Å²) < 4.78 is 24.2. The highest BCUT2D eigenvalue weighted by Gasteiger charge is 2.27. The van der Waals surface area contributed by atoms with Gasteiger partial charge in [-0.15, -0.1) is 10.2 Å². The molecule has 9 heteroatoms. The third-order valence-corrected chi connectivity index (χ3v) is 5.71. The van der Waals surface area contributed by atoms with Crippen LogP contribution in [-0.4, -0.2) is 39.7 Å². The number of Topliss-reactive ketones (excluding diaryl/α,β-unsaturated/α-hetero) is 1. The van der Waals surface area contributed by atoms with Gasteiger partial charge in [0.05, 0.1) is 5.75 Å². The van der Waals surface area contributed by atoms with E-state index in [1.54, 1.807) is 18.2 Å². The van der Waals surface area contributed by atoms with Gasteiger partial charge in [-0.1, -0.05) is 23.9 Å². The van der Waals surface area contributed by atoms with E-state index in [9.17, 15) is 4.79 Å². The molecule has 1 atom stereocenters. The van der Waals surface area contributed by atoms with Crippen LogP contribution in [0.25, 0.3) is 0 Å². The fourth-order valence-corrected chi connectivity index (χ4v) is 3.98. The summed E-state index contributed by atoms with van der Waals surface area (Å²) >= 11 is 1.33. The third kappa shape index (κ3) is 3.38. The fourth-order valence-electron chi connectivity index (χ4n) is 3.16. The normalized spacial score (nSPS) is 16.7. The maximum atomic E-state index is 12.6. The molecule has 0 N–H and O–H groups in total. The quantitative estimate of drug-likeness (QED) is 0.468. The van der Waals surface area contributed by atoms with Crippen molar-refractivity contribution in [2.45, 2.75) is 11.3 Å². The van der Waals surface area contributed by atoms with Crippen molar-refractivity contribution in [3.8, 4) is 23.0 Å². The highest BCUT2D eigenvalue weighted by Crippen LogP contribution is 2.36. The highest BCUT2D eigenvalue weighted by molar-refractivity contribution is 7.99. The zero-order chi connectivity index (χ0) is 19.8. The van der Waals surface area contributed by atoms with E-state index in [0.717, 1.165) is 5.75 Å². The summed E-state index contributed by atoms with van der Waals surface area (Å²) in [5.74, 6) is 3.51. The Morgan fingerprint density at radius 3 is 2.76 bits per heavy atom. The minimum Gasteiger partial charge on any atom is -0.485 e. The van der Waals surface area contributed by atoms with Crippen LogP contribution >= 0.6 is 11.8 Å². The zero-order valence-electron chi connectivity index (χ0n) is 15.5. The molecule has 0 saturated heterocycles. The lowest BCUT2D eigenvalue weighted by Gasteiger charge is -2.25. The average molecular weight is 411 g/mol. The first-order valence-electron chi connectivity index (χ1n) is 9.02. The Hall–Kier alpha value is -3.20. The smallest absolute Gasteiger partial charge is 0.231 e. The van der Waals surface area contributed by atoms with Gasteiger partial charge in [0, 0.05) is 12.6 Å². The molecule has 29 heavy (non-hydrogen) atoms. The van der Waals surface area contributed by atoms with E-state index in [1.807, 2.05) is 35.9 Å². The summed E-state index contributed by atoms with van der Waals surface area (Å²) in [6.45, 7) is 0.532. The number of fused-ring (bicyclic) bond motifs is 2. The Morgan fingerprint density at radius 2 is 1.86 bits per heavy atom. The summed E-state index contributed by atoms with van der Waals surface area (Å²) in [6, 6.07) is 12.7. The molecule has 2 aromatic carbocycles. The number of hydrogen-bond acceptors (Lipinski definition) is 8. The van der Waals surface area contributed by atoms with Gasteiger partial charge < -0.3 is 23.5 Å². The molecule has 2 aliphatic rings. The number of para-hydroxylation sites is 2. The van der Waals surface area contributed by atoms with Gasteiger partial charge >= 0.3 is 0 Å². The monoisotopic (exact) mass is 411 g/mol. The predicted molar refractivity (Wildman–Crippen MR) is 104 cm³/mol. The van der Waals surface area contributed by atoms with Crippen LogP contribution in [0.5, 0.6) is 23.0 Å². The van der Waals surface area contributed by atoms with Gasteiger partial charge in [0.1, 0.15) is 6.61 Å². The largest absolute Gasteiger partial charge is 0.485 e. The van der Waals surface area contributed by atoms with Crippen LogP contribution in [0.3, 0.4) is 0 Å². The van der Waals surface area contributed by atoms with Gasteiger partial charge in [-0.3, -0.25) is 4.79 Å². The van der Waals surface area contributed by atoms with E-state index in [4.69, 9.17) is 18.9 Å². The molecule has 8 nitrogen and oxygen atoms in total. The number of ether oxygens (including phenoxy) is 4. The number of benzene rings is 2. The van der Waals surface area contributed by atoms with Gasteiger partial charge in [-0.25, -0.2) is 0 Å². The molecular weight excluding hydrogens is 394 g/mol. The first-order chi connectivity index (χ1) is 14.2. The molecule has 5 rings (SSSR count). The van der Waals surface area contributed by atoms with Crippen LogP contribution < -0.4 is 18.9 Å². The van der Waals surface area contributed by atoms with Crippen LogP contribution in [0.15, 0.2) is 47.6 Å². The van der Waals surface area contributed by atoms with Gasteiger partial charge in [0.25, 0.3) is 0 Å². The van der Waals surface area contributed by atoms with Crippen molar-refractivity contribution < 1.29 is 23.7 Å². The highest BCUT2D eigenvalue weighted by atomic mass is 32.2. The number of carbonyl (C=O) groups excluding carboxylic acids is 1. The summed E-state index contributed by atoms with van der Waals surface area (Å²) in [5.41, 5.74) is 0.574. The maximum Gasteiger partial charge on any atom is 0.231 e. The Labute approximate surface area is 170 Å². The molecule has 148 valence electrons. The van der Waals surface area contributed by atoms with Gasteiger partial charge in [-0.05, 0) is 30.3 Å². The molecule has 3 aromatic rings. The topological polar surface area (TPSA) is 84.7 Å². The third-order valence-electron chi connectivity index (χ3n) is 4.69. The second-order valence-electron chi connectivity index (χ2n) is 6.54. The molecule has 0 aliphatic carbocycles. The number of carbonyl (C=O) groups is 1. The van der Waals surface area contributed by atoms with Gasteiger partial charge in [0.2, 0.25) is 6.79 Å². The van der Waals surface area contributed by atoms with Crippen LogP contribution in [0.1, 0.15) is 22.3 Å². The molecule has 0 amide bonds. The molecule has 0 bridgehead atoms. The van der Waals surface area contributed by atoms with Crippen molar-refractivity contribution in [3.05, 3.63) is 53.9 Å². The van der Waals surface area contributed by atoms with Crippen molar-refractivity contribution in [1.29, 1.82) is 0 Å². The standard InChI is InChI=1S/C20H17N3O5S/c1-23-19(18-9-25-14-4-2-3-5-16(14)28-18)21-22-20(23)29-10-13(24)12-6-7-15-17(8-12)27-11-26-15/h2-8,18H,9-11H2,1H3/t18-/m1/s1. The number of thioether (sulfide) groups is 1. The van der Waals surface area contributed by atoms with E-state index in [2.05, 4.69) is 10.2 Å². The van der Waals surface area contributed by atoms with Crippen molar-refractivity contribution in [3.63, 3.8) is 0 Å². The Morgan fingerprint density at radius 1 is 1.07 bits per heavy atom. The molecule has 0 fully saturated rings. The molecule has 0 unspecified atom stereocenters. The summed E-state index contributed by atoms with van der Waals surface area (Å²) in [7, 11) is 1.85. The Kier molecular flexibility index (Phi) is 4.51. The average Bonchev–Trinajstić information content (AvgIpc) is 3.37. The lowest BCUT2D eigenvalue weighted by atomic mass is 10.1. The van der Waals surface area contributed by atoms with Crippen molar-refractivity contribution >= 4 is 17.5 Å². The van der Waals surface area contributed by atoms with E-state index in [-0.39, 0.29) is 24.4 Å². The van der Waals surface area contributed by atoms with E-state index in [0.29, 0.717) is 40.4 Å². The zero-order valence-corrected chi connectivity index (χ0v) is 16.3. The summed E-state index contributed by atoms with van der Waals surface area (Å²) in [5, 5.41) is 9.10. The van der Waals surface area contributed by atoms with Crippen LogP contribution in [0.4, 0.5) is 0 Å². The SMILES string of the molecule is Cn1c(SCC(=O)c2ccc3c(c2)OCO3)nnc1[C@H]1COc2ccccc2O1. The molecule has 0 spiro atoms. The maximum absolute atomic E-state index is 12.6. The van der Waals surface area contributed by atoms with Crippen LogP contribution in [0.2, 0.25) is 0 Å². The first-order valence-corrected chi connectivity index (χ1v) is 10.0. The Balaban J connectivity index is 1.26. The van der Waals surface area contributed by atoms with Crippen LogP contribution in [0, 0.1) is 0 Å². The fraction of sp³-hybridized carbons (Fsp3) is 0.250. The van der Waals surface area contributed by atoms with E-state index >= 15 is 0 Å². The minimum absolute atomic E-state index is 0.0240. The van der Waals surface area contributed by atoms with Crippen molar-refractivity contribution in [1.82, 2.24) is 14.8 Å². The Bertz CT molecular complexity index is 1080. The molecule has 3 heterocycles. The molecule has 0 radical (unpaired) electrons. The van der Waals surface area contributed by atoms with Gasteiger partial charge in [0.15, 0.2) is 45.9 Å². The molecule has 1 aromatic heterocycles. The number of ketones is 1. The van der Waals surface area contributed by atoms with E-state index in [1.165, 1.54) is 11.8 Å². The molecule has 2 aliphatic heterocycles. The minimum atomic E-state index is -0.360. The number of nitrogens with zero attached hydrogens (tertiary/aromatic N) is 3. The van der Waals surface area contributed by atoms with Crippen LogP contribution in [-0.2, 0) is 7.05 Å². The molecule has 0 saturated carbocycles. The lowest BCUT2D eigenvalue weighted by Crippen LogP contribution is -2.24. The number of hydrogen-bond donors (Lipinski definition) is 0. The lowest BCUT2D eigenvalue weighted by molar-refractivity contribution is 0.0825. The summed E-state index contributed by atoms with van der Waals surface area (Å²) in [4.78, 5) is 12.6. The van der Waals surface area contributed by atoms with Crippen molar-refractivity contribution in [2.75, 3.05) is 19.2 Å². The number of aromatic nitrogens is 3. The summed E-state index contributed by atoms with van der Waals surface area (Å²) in [6.07, 6.45) is -0.360. The molecular formula is C20H17N3O5S. The first kappa shape index (κ1) is 17.9.